The molecule has 2 aromatic carbocycles. The zero-order valence-corrected chi connectivity index (χ0v) is 17.1. The molecule has 2 rings (SSSR count). The molecule has 0 saturated heterocycles. The Kier molecular flexibility index (Phi) is 10.2. The van der Waals surface area contributed by atoms with Crippen LogP contribution in [0.3, 0.4) is 0 Å². The van der Waals surface area contributed by atoms with Gasteiger partial charge in [0.25, 0.3) is 0 Å². The molecule has 0 aliphatic heterocycles. The Hall–Kier alpha value is -0.980. The first kappa shape index (κ1) is 22.1. The van der Waals surface area contributed by atoms with Crippen molar-refractivity contribution < 1.29 is 14.6 Å². The van der Waals surface area contributed by atoms with Crippen LogP contribution in [0.25, 0.3) is 0 Å². The molecule has 0 fully saturated rings. The van der Waals surface area contributed by atoms with Crippen LogP contribution in [0.2, 0.25) is 5.02 Å². The summed E-state index contributed by atoms with van der Waals surface area (Å²) >= 11 is 9.46. The quantitative estimate of drug-likeness (QED) is 0.549. The van der Waals surface area contributed by atoms with Gasteiger partial charge < -0.3 is 19.9 Å². The maximum absolute atomic E-state index is 8.85. The number of rotatable bonds is 9. The molecule has 2 N–H and O–H groups in total. The highest BCUT2D eigenvalue weighted by atomic mass is 79.9. The van der Waals surface area contributed by atoms with E-state index in [2.05, 4.69) is 21.2 Å². The maximum Gasteiger partial charge on any atom is 0.175 e. The minimum absolute atomic E-state index is 0. The van der Waals surface area contributed by atoms with Crippen molar-refractivity contribution in [3.05, 3.63) is 57.0 Å². The lowest BCUT2D eigenvalue weighted by molar-refractivity contribution is 0.267. The number of hydrogen-bond acceptors (Lipinski definition) is 4. The average Bonchev–Trinajstić information content (AvgIpc) is 2.56. The molecule has 2 aromatic rings. The van der Waals surface area contributed by atoms with Crippen LogP contribution in [0.4, 0.5) is 0 Å². The van der Waals surface area contributed by atoms with Gasteiger partial charge in [-0.25, -0.2) is 0 Å². The van der Waals surface area contributed by atoms with E-state index in [9.17, 15) is 0 Å². The molecule has 0 spiro atoms. The van der Waals surface area contributed by atoms with Crippen LogP contribution in [0.5, 0.6) is 11.5 Å². The van der Waals surface area contributed by atoms with Crippen molar-refractivity contribution in [3.8, 4) is 11.5 Å². The minimum Gasteiger partial charge on any atom is -0.490 e. The third kappa shape index (κ3) is 7.04. The lowest BCUT2D eigenvalue weighted by Crippen LogP contribution is -2.17. The van der Waals surface area contributed by atoms with Crippen LogP contribution in [0.15, 0.2) is 40.9 Å². The monoisotopic (exact) mass is 449 g/mol. The first-order valence-corrected chi connectivity index (χ1v) is 8.95. The molecule has 25 heavy (non-hydrogen) atoms. The molecule has 0 heterocycles. The van der Waals surface area contributed by atoms with Crippen LogP contribution in [-0.2, 0) is 13.2 Å². The smallest absolute Gasteiger partial charge is 0.175 e. The van der Waals surface area contributed by atoms with Crippen LogP contribution < -0.4 is 14.8 Å². The summed E-state index contributed by atoms with van der Waals surface area (Å²) in [6.07, 6.45) is 0. The highest BCUT2D eigenvalue weighted by Gasteiger charge is 2.12. The van der Waals surface area contributed by atoms with Crippen molar-refractivity contribution in [3.63, 3.8) is 0 Å². The molecule has 4 nitrogen and oxygen atoms in total. The van der Waals surface area contributed by atoms with E-state index in [1.807, 2.05) is 43.3 Å². The highest BCUT2D eigenvalue weighted by molar-refractivity contribution is 9.10. The third-order valence-corrected chi connectivity index (χ3v) is 4.12. The zero-order valence-electron chi connectivity index (χ0n) is 13.9. The van der Waals surface area contributed by atoms with E-state index < -0.39 is 0 Å². The Balaban J connectivity index is 0.00000312. The van der Waals surface area contributed by atoms with Gasteiger partial charge in [-0.2, -0.15) is 0 Å². The van der Waals surface area contributed by atoms with Crippen LogP contribution in [0.1, 0.15) is 18.1 Å². The van der Waals surface area contributed by atoms with Crippen molar-refractivity contribution in [2.75, 3.05) is 19.8 Å². The van der Waals surface area contributed by atoms with Gasteiger partial charge in [0.05, 0.1) is 17.7 Å². The first-order valence-electron chi connectivity index (χ1n) is 7.78. The Morgan fingerprint density at radius 1 is 1.12 bits per heavy atom. The summed E-state index contributed by atoms with van der Waals surface area (Å²) in [5.74, 6) is 1.37. The second kappa shape index (κ2) is 11.6. The average molecular weight is 451 g/mol. The molecule has 0 atom stereocenters. The van der Waals surface area contributed by atoms with Crippen LogP contribution >= 0.6 is 39.9 Å². The summed E-state index contributed by atoms with van der Waals surface area (Å²) in [7, 11) is 0. The lowest BCUT2D eigenvalue weighted by Gasteiger charge is -2.16. The summed E-state index contributed by atoms with van der Waals surface area (Å²) in [5.41, 5.74) is 2.08. The second-order valence-electron chi connectivity index (χ2n) is 5.15. The molecule has 138 valence electrons. The SMILES string of the molecule is CCOc1cc(CNCCO)cc(Br)c1OCc1ccc(Cl)cc1.Cl. The predicted octanol–water partition coefficient (Wildman–Crippen LogP) is 4.58. The van der Waals surface area contributed by atoms with E-state index >= 15 is 0 Å². The van der Waals surface area contributed by atoms with Crippen molar-refractivity contribution in [1.29, 1.82) is 0 Å². The van der Waals surface area contributed by atoms with Gasteiger partial charge in [-0.1, -0.05) is 23.7 Å². The number of hydrogen-bond donors (Lipinski definition) is 2. The van der Waals surface area contributed by atoms with Gasteiger partial charge in [-0.15, -0.1) is 12.4 Å². The molecule has 0 saturated carbocycles. The fourth-order valence-corrected chi connectivity index (χ4v) is 2.90. The zero-order chi connectivity index (χ0) is 17.4. The molecule has 0 radical (unpaired) electrons. The van der Waals surface area contributed by atoms with Crippen LogP contribution in [-0.4, -0.2) is 24.9 Å². The second-order valence-corrected chi connectivity index (χ2v) is 6.44. The molecule has 0 unspecified atom stereocenters. The van der Waals surface area contributed by atoms with Gasteiger partial charge in [0.1, 0.15) is 6.61 Å². The first-order chi connectivity index (χ1) is 11.6. The molecule has 0 aliphatic rings. The summed E-state index contributed by atoms with van der Waals surface area (Å²) in [4.78, 5) is 0. The van der Waals surface area contributed by atoms with E-state index in [0.717, 1.165) is 15.6 Å². The Bertz CT molecular complexity index is 654. The van der Waals surface area contributed by atoms with E-state index in [-0.39, 0.29) is 19.0 Å². The number of ether oxygens (including phenoxy) is 2. The summed E-state index contributed by atoms with van der Waals surface area (Å²) in [6, 6.07) is 11.5. The fourth-order valence-electron chi connectivity index (χ4n) is 2.17. The number of halogens is 3. The number of aliphatic hydroxyl groups is 1. The molecular weight excluding hydrogens is 429 g/mol. The molecule has 7 heteroatoms. The molecular formula is C18H22BrCl2NO3. The molecule has 0 bridgehead atoms. The molecule has 0 aromatic heterocycles. The third-order valence-electron chi connectivity index (χ3n) is 3.28. The van der Waals surface area contributed by atoms with Gasteiger partial charge >= 0.3 is 0 Å². The van der Waals surface area contributed by atoms with Gasteiger partial charge in [-0.3, -0.25) is 0 Å². The largest absolute Gasteiger partial charge is 0.490 e. The maximum atomic E-state index is 8.85. The standard InChI is InChI=1S/C18H21BrClNO3.ClH/c1-2-23-17-10-14(11-21-7-8-22)9-16(19)18(17)24-12-13-3-5-15(20)6-4-13;/h3-6,9-10,21-22H,2,7-8,11-12H2,1H3;1H. The topological polar surface area (TPSA) is 50.7 Å². The van der Waals surface area contributed by atoms with E-state index in [1.54, 1.807) is 0 Å². The Morgan fingerprint density at radius 3 is 2.48 bits per heavy atom. The highest BCUT2D eigenvalue weighted by Crippen LogP contribution is 2.37. The van der Waals surface area contributed by atoms with Crippen molar-refractivity contribution in [2.45, 2.75) is 20.1 Å². The lowest BCUT2D eigenvalue weighted by atomic mass is 10.2. The minimum atomic E-state index is 0. The number of aliphatic hydroxyl groups excluding tert-OH is 1. The fraction of sp³-hybridized carbons (Fsp3) is 0.333. The van der Waals surface area contributed by atoms with Crippen molar-refractivity contribution in [2.24, 2.45) is 0 Å². The molecule has 0 amide bonds. The van der Waals surface area contributed by atoms with Gasteiger partial charge in [0.15, 0.2) is 11.5 Å². The number of benzene rings is 2. The predicted molar refractivity (Wildman–Crippen MR) is 107 cm³/mol. The number of nitrogens with one attached hydrogen (secondary N) is 1. The molecule has 0 aliphatic carbocycles. The van der Waals surface area contributed by atoms with E-state index in [4.69, 9.17) is 26.2 Å². The van der Waals surface area contributed by atoms with Gasteiger partial charge in [0, 0.05) is 18.1 Å². The van der Waals surface area contributed by atoms with Gasteiger partial charge in [-0.05, 0) is 58.2 Å². The van der Waals surface area contributed by atoms with Crippen molar-refractivity contribution in [1.82, 2.24) is 5.32 Å². The normalized spacial score (nSPS) is 10.2. The summed E-state index contributed by atoms with van der Waals surface area (Å²) in [6.45, 7) is 4.23. The summed E-state index contributed by atoms with van der Waals surface area (Å²) < 4.78 is 12.5. The van der Waals surface area contributed by atoms with Crippen LogP contribution in [0, 0.1) is 0 Å². The summed E-state index contributed by atoms with van der Waals surface area (Å²) in [5, 5.41) is 12.7. The van der Waals surface area contributed by atoms with E-state index in [0.29, 0.717) is 42.8 Å². The Morgan fingerprint density at radius 2 is 1.84 bits per heavy atom. The van der Waals surface area contributed by atoms with Crippen molar-refractivity contribution >= 4 is 39.9 Å². The Labute approximate surface area is 168 Å². The van der Waals surface area contributed by atoms with Gasteiger partial charge in [0.2, 0.25) is 0 Å². The van der Waals surface area contributed by atoms with E-state index in [1.165, 1.54) is 0 Å².